The summed E-state index contributed by atoms with van der Waals surface area (Å²) in [4.78, 5) is 15.6. The van der Waals surface area contributed by atoms with E-state index in [9.17, 15) is 9.90 Å². The molecule has 0 fully saturated rings. The fourth-order valence-electron chi connectivity index (χ4n) is 3.78. The number of hydrogen-bond acceptors (Lipinski definition) is 4. The maximum absolute atomic E-state index is 12.2. The number of phenolic OH excluding ortho intramolecular Hbond substituents is 1. The van der Waals surface area contributed by atoms with Crippen LogP contribution in [0.3, 0.4) is 0 Å². The van der Waals surface area contributed by atoms with E-state index < -0.39 is 0 Å². The zero-order valence-electron chi connectivity index (χ0n) is 21.4. The Balaban J connectivity index is 1.70. The lowest BCUT2D eigenvalue weighted by Gasteiger charge is -2.20. The van der Waals surface area contributed by atoms with Crippen LogP contribution in [0.5, 0.6) is 5.75 Å². The first kappa shape index (κ1) is 27.3. The van der Waals surface area contributed by atoms with Crippen molar-refractivity contribution in [3.05, 3.63) is 77.4 Å². The van der Waals surface area contributed by atoms with Gasteiger partial charge in [-0.15, -0.1) is 6.58 Å². The van der Waals surface area contributed by atoms with Gasteiger partial charge in [-0.25, -0.2) is 5.43 Å². The minimum atomic E-state index is -0.180. The molecule has 0 spiro atoms. The molecule has 0 aliphatic heterocycles. The zero-order valence-corrected chi connectivity index (χ0v) is 21.4. The van der Waals surface area contributed by atoms with Gasteiger partial charge in [0.1, 0.15) is 12.3 Å². The molecule has 0 saturated heterocycles. The molecule has 6 heteroatoms. The molecule has 2 aromatic carbocycles. The van der Waals surface area contributed by atoms with Crippen molar-refractivity contribution in [1.82, 2.24) is 10.3 Å². The summed E-state index contributed by atoms with van der Waals surface area (Å²) in [5.74, 6) is -0.0191. The minimum Gasteiger partial charge on any atom is -0.507 e. The Bertz CT molecular complexity index is 961. The second kappa shape index (κ2) is 13.1. The van der Waals surface area contributed by atoms with E-state index in [0.29, 0.717) is 12.0 Å². The third-order valence-electron chi connectivity index (χ3n) is 5.79. The summed E-state index contributed by atoms with van der Waals surface area (Å²) < 4.78 is 0. The Hall–Kier alpha value is -2.96. The highest BCUT2D eigenvalue weighted by Gasteiger charge is 2.14. The Kier molecular flexibility index (Phi) is 10.5. The van der Waals surface area contributed by atoms with E-state index in [0.717, 1.165) is 31.6 Å². The molecule has 3 N–H and O–H groups in total. The SMILES string of the molecule is C=CCc1cccc(/C=N/NC(=O)CN(C)CCC[NH+](C)Cc2ccc(C(C)(C)C)cc2)c1O. The van der Waals surface area contributed by atoms with Gasteiger partial charge in [-0.2, -0.15) is 5.10 Å². The van der Waals surface area contributed by atoms with E-state index >= 15 is 0 Å². The minimum absolute atomic E-state index is 0.161. The Labute approximate surface area is 205 Å². The summed E-state index contributed by atoms with van der Waals surface area (Å²) in [5, 5.41) is 14.2. The Morgan fingerprint density at radius 2 is 1.91 bits per heavy atom. The van der Waals surface area contributed by atoms with Crippen LogP contribution >= 0.6 is 0 Å². The first-order chi connectivity index (χ1) is 16.1. The molecule has 2 rings (SSSR count). The average Bonchev–Trinajstić information content (AvgIpc) is 2.76. The molecular formula is C28H41N4O2+. The molecule has 0 aromatic heterocycles. The first-order valence-electron chi connectivity index (χ1n) is 11.9. The van der Waals surface area contributed by atoms with Crippen LogP contribution < -0.4 is 10.3 Å². The molecule has 0 saturated carbocycles. The number of aromatic hydroxyl groups is 1. The maximum atomic E-state index is 12.2. The largest absolute Gasteiger partial charge is 0.507 e. The van der Waals surface area contributed by atoms with Gasteiger partial charge in [0.25, 0.3) is 5.91 Å². The molecule has 0 bridgehead atoms. The quantitative estimate of drug-likeness (QED) is 0.256. The number of carbonyl (C=O) groups excluding carboxylic acids is 1. The molecule has 1 unspecified atom stereocenters. The molecule has 0 aliphatic rings. The van der Waals surface area contributed by atoms with Crippen molar-refractivity contribution in [3.63, 3.8) is 0 Å². The molecular weight excluding hydrogens is 424 g/mol. The Morgan fingerprint density at radius 1 is 1.21 bits per heavy atom. The summed E-state index contributed by atoms with van der Waals surface area (Å²) >= 11 is 0. The predicted molar refractivity (Wildman–Crippen MR) is 140 cm³/mol. The highest BCUT2D eigenvalue weighted by atomic mass is 16.3. The number of para-hydroxylation sites is 1. The van der Waals surface area contributed by atoms with Crippen LogP contribution in [-0.4, -0.2) is 55.9 Å². The molecule has 6 nitrogen and oxygen atoms in total. The molecule has 0 radical (unpaired) electrons. The number of quaternary nitrogens is 1. The molecule has 0 aliphatic carbocycles. The number of hydrazone groups is 1. The molecule has 1 amide bonds. The van der Waals surface area contributed by atoms with E-state index in [-0.39, 0.29) is 23.6 Å². The second-order valence-corrected chi connectivity index (χ2v) is 10.1. The topological polar surface area (TPSA) is 69.4 Å². The fourth-order valence-corrected chi connectivity index (χ4v) is 3.78. The van der Waals surface area contributed by atoms with Gasteiger partial charge in [0, 0.05) is 24.1 Å². The monoisotopic (exact) mass is 465 g/mol. The normalized spacial score (nSPS) is 12.8. The van der Waals surface area contributed by atoms with Gasteiger partial charge in [-0.1, -0.05) is 63.2 Å². The average molecular weight is 466 g/mol. The van der Waals surface area contributed by atoms with Crippen LogP contribution in [0.15, 0.2) is 60.2 Å². The van der Waals surface area contributed by atoms with Gasteiger partial charge in [0.15, 0.2) is 0 Å². The summed E-state index contributed by atoms with van der Waals surface area (Å²) in [7, 11) is 4.15. The van der Waals surface area contributed by atoms with Crippen molar-refractivity contribution in [2.75, 3.05) is 33.7 Å². The van der Waals surface area contributed by atoms with Gasteiger partial charge in [0.2, 0.25) is 0 Å². The number of carbonyl (C=O) groups is 1. The molecule has 184 valence electrons. The number of phenols is 1. The van der Waals surface area contributed by atoms with Crippen molar-refractivity contribution in [1.29, 1.82) is 0 Å². The lowest BCUT2D eigenvalue weighted by molar-refractivity contribution is -0.893. The van der Waals surface area contributed by atoms with Crippen LogP contribution in [0.4, 0.5) is 0 Å². The Morgan fingerprint density at radius 3 is 2.56 bits per heavy atom. The van der Waals surface area contributed by atoms with E-state index in [1.807, 2.05) is 24.1 Å². The van der Waals surface area contributed by atoms with Crippen molar-refractivity contribution in [2.24, 2.45) is 5.10 Å². The summed E-state index contributed by atoms with van der Waals surface area (Å²) in [6, 6.07) is 14.4. The third-order valence-corrected chi connectivity index (χ3v) is 5.79. The van der Waals surface area contributed by atoms with Gasteiger partial charge >= 0.3 is 0 Å². The molecule has 1 atom stereocenters. The van der Waals surface area contributed by atoms with Crippen molar-refractivity contribution in [2.45, 2.75) is 45.6 Å². The second-order valence-electron chi connectivity index (χ2n) is 10.1. The van der Waals surface area contributed by atoms with E-state index in [1.54, 1.807) is 12.1 Å². The van der Waals surface area contributed by atoms with Crippen molar-refractivity contribution in [3.8, 4) is 5.75 Å². The van der Waals surface area contributed by atoms with Gasteiger partial charge in [-0.05, 0) is 36.1 Å². The van der Waals surface area contributed by atoms with E-state index in [2.05, 4.69) is 69.2 Å². The van der Waals surface area contributed by atoms with Gasteiger partial charge in [0.05, 0.1) is 26.4 Å². The first-order valence-corrected chi connectivity index (χ1v) is 11.9. The number of likely N-dealkylation sites (N-methyl/N-ethyl adjacent to an activating group) is 1. The number of nitrogens with one attached hydrogen (secondary N) is 2. The highest BCUT2D eigenvalue weighted by Crippen LogP contribution is 2.22. The van der Waals surface area contributed by atoms with Crippen LogP contribution in [0, 0.1) is 0 Å². The number of allylic oxidation sites excluding steroid dienone is 1. The van der Waals surface area contributed by atoms with Crippen molar-refractivity contribution >= 4 is 12.1 Å². The molecule has 2 aromatic rings. The number of benzene rings is 2. The lowest BCUT2D eigenvalue weighted by atomic mass is 9.87. The third kappa shape index (κ3) is 9.12. The van der Waals surface area contributed by atoms with Crippen LogP contribution in [0.25, 0.3) is 0 Å². The van der Waals surface area contributed by atoms with E-state index in [4.69, 9.17) is 0 Å². The fraction of sp³-hybridized carbons (Fsp3) is 0.429. The van der Waals surface area contributed by atoms with Crippen LogP contribution in [0.1, 0.15) is 49.4 Å². The summed E-state index contributed by atoms with van der Waals surface area (Å²) in [6.07, 6.45) is 4.78. The predicted octanol–water partition coefficient (Wildman–Crippen LogP) is 2.91. The summed E-state index contributed by atoms with van der Waals surface area (Å²) in [5.41, 5.74) is 6.76. The van der Waals surface area contributed by atoms with Gasteiger partial charge < -0.3 is 10.0 Å². The number of rotatable bonds is 12. The van der Waals surface area contributed by atoms with Crippen LogP contribution in [0.2, 0.25) is 0 Å². The zero-order chi connectivity index (χ0) is 25.1. The smallest absolute Gasteiger partial charge is 0.254 e. The van der Waals surface area contributed by atoms with Gasteiger partial charge in [-0.3, -0.25) is 9.69 Å². The number of nitrogens with zero attached hydrogens (tertiary/aromatic N) is 2. The van der Waals surface area contributed by atoms with Crippen molar-refractivity contribution < 1.29 is 14.8 Å². The number of hydrogen-bond donors (Lipinski definition) is 3. The summed E-state index contributed by atoms with van der Waals surface area (Å²) in [6.45, 7) is 13.5. The maximum Gasteiger partial charge on any atom is 0.254 e. The molecule has 0 heterocycles. The van der Waals surface area contributed by atoms with Crippen LogP contribution in [-0.2, 0) is 23.2 Å². The molecule has 34 heavy (non-hydrogen) atoms. The standard InChI is InChI=1S/C28H40N4O2/c1-7-10-23-11-8-12-24(27(23)34)19-29-30-26(33)21-32(6)18-9-17-31(5)20-22-13-15-25(16-14-22)28(2,3)4/h7-8,11-16,19,34H,1,9-10,17-18,20-21H2,2-6H3,(H,30,33)/p+1/b29-19+. The lowest BCUT2D eigenvalue weighted by Crippen LogP contribution is -3.07. The highest BCUT2D eigenvalue weighted by molar-refractivity contribution is 5.86. The number of amides is 1. The van der Waals surface area contributed by atoms with E-state index in [1.165, 1.54) is 22.2 Å².